The summed E-state index contributed by atoms with van der Waals surface area (Å²) in [5.41, 5.74) is 14.5. The molecule has 0 N–H and O–H groups in total. The highest BCUT2D eigenvalue weighted by Crippen LogP contribution is 2.42. The second-order valence-electron chi connectivity index (χ2n) is 18.3. The van der Waals surface area contributed by atoms with Crippen molar-refractivity contribution in [3.05, 3.63) is 249 Å². The highest BCUT2D eigenvalue weighted by Gasteiger charge is 2.20. The summed E-state index contributed by atoms with van der Waals surface area (Å²) < 4.78 is 9.71. The molecule has 0 fully saturated rings. The molecule has 0 unspecified atom stereocenters. The number of benzene rings is 10. The third-order valence-electron chi connectivity index (χ3n) is 14.6. The average molecular weight is 892 g/mol. The van der Waals surface area contributed by atoms with E-state index in [4.69, 9.17) is 4.98 Å². The normalized spacial score (nSPS) is 12.0. The topological polar surface area (TPSA) is 32.6 Å². The highest BCUT2D eigenvalue weighted by atomic mass is 15.1. The molecule has 15 rings (SSSR count). The third kappa shape index (κ3) is 5.57. The van der Waals surface area contributed by atoms with Gasteiger partial charge in [-0.3, -0.25) is 4.98 Å². The molecule has 5 heteroatoms. The summed E-state index contributed by atoms with van der Waals surface area (Å²) in [6, 6.07) is 88.7. The summed E-state index contributed by atoms with van der Waals surface area (Å²) in [6.45, 7) is 0. The van der Waals surface area contributed by atoms with E-state index in [-0.39, 0.29) is 0 Å². The molecule has 0 aliphatic carbocycles. The smallest absolute Gasteiger partial charge is 0.0787 e. The van der Waals surface area contributed by atoms with Gasteiger partial charge in [0.1, 0.15) is 0 Å². The Morgan fingerprint density at radius 3 is 1.14 bits per heavy atom. The molecule has 0 spiro atoms. The lowest BCUT2D eigenvalue weighted by atomic mass is 9.95. The van der Waals surface area contributed by atoms with Gasteiger partial charge < -0.3 is 18.3 Å². The Morgan fingerprint density at radius 1 is 0.200 bits per heavy atom. The standard InChI is InChI=1S/C65H41N5/c1-3-18-42(19-4-1)67-61-31-15-16-32-62(61)68(43-20-5-2-6-21-43)64-41-56-54(40-63(64)67)48-35-33-44(38-53(48)47-23-8-7-22-46(47)52-27-17-37-66-65(52)56)70-59-30-14-11-26-51(59)55-39-45(34-36-60(55)70)69-57-28-12-9-24-49(57)50-25-10-13-29-58(50)69/h1-41H. The van der Waals surface area contributed by atoms with E-state index < -0.39 is 0 Å². The summed E-state index contributed by atoms with van der Waals surface area (Å²) in [4.78, 5) is 5.25. The van der Waals surface area contributed by atoms with E-state index in [1.54, 1.807) is 0 Å². The number of para-hydroxylation sites is 7. The van der Waals surface area contributed by atoms with Gasteiger partial charge >= 0.3 is 0 Å². The van der Waals surface area contributed by atoms with Crippen LogP contribution in [-0.2, 0) is 0 Å². The third-order valence-corrected chi connectivity index (χ3v) is 14.6. The molecule has 0 radical (unpaired) electrons. The molecular formula is C65H41N5. The number of hydrogen-bond acceptors (Lipinski definition) is 1. The van der Waals surface area contributed by atoms with Gasteiger partial charge in [-0.1, -0.05) is 140 Å². The largest absolute Gasteiger partial charge is 0.309 e. The summed E-state index contributed by atoms with van der Waals surface area (Å²) in [6.07, 6.45) is 1.94. The van der Waals surface area contributed by atoms with Crippen LogP contribution in [0.1, 0.15) is 0 Å². The molecule has 70 heavy (non-hydrogen) atoms. The van der Waals surface area contributed by atoms with Crippen LogP contribution in [0, 0.1) is 0 Å². The number of nitrogens with zero attached hydrogens (tertiary/aromatic N) is 5. The molecule has 326 valence electrons. The van der Waals surface area contributed by atoms with Crippen LogP contribution in [0.25, 0.3) is 132 Å². The van der Waals surface area contributed by atoms with Crippen LogP contribution in [0.15, 0.2) is 249 Å². The first-order valence-corrected chi connectivity index (χ1v) is 24.0. The van der Waals surface area contributed by atoms with Gasteiger partial charge in [-0.2, -0.15) is 0 Å². The second kappa shape index (κ2) is 15.0. The molecule has 0 aliphatic rings. The van der Waals surface area contributed by atoms with Crippen molar-refractivity contribution >= 4 is 109 Å². The zero-order valence-electron chi connectivity index (χ0n) is 37.9. The lowest BCUT2D eigenvalue weighted by Crippen LogP contribution is -2.08. The van der Waals surface area contributed by atoms with E-state index in [0.717, 1.165) is 88.3 Å². The van der Waals surface area contributed by atoms with Gasteiger partial charge in [0.15, 0.2) is 0 Å². The van der Waals surface area contributed by atoms with E-state index in [9.17, 15) is 0 Å². The molecule has 0 amide bonds. The zero-order chi connectivity index (χ0) is 45.9. The quantitative estimate of drug-likeness (QED) is 0.162. The molecule has 0 aliphatic heterocycles. The van der Waals surface area contributed by atoms with Gasteiger partial charge in [-0.05, 0) is 130 Å². The van der Waals surface area contributed by atoms with Crippen molar-refractivity contribution in [1.29, 1.82) is 0 Å². The SMILES string of the molecule is c1ccc(-n2c3ccccc3n(-c3ccccc3)c3cc4c(cc32)c2ccc(-n3c5ccccc5c5cc(-n6c7ccccc7c7ccccc76)ccc53)cc2c2ccccc2c2cccnc24)cc1. The van der Waals surface area contributed by atoms with Gasteiger partial charge in [0.05, 0.1) is 49.7 Å². The van der Waals surface area contributed by atoms with Crippen molar-refractivity contribution in [3.63, 3.8) is 0 Å². The minimum absolute atomic E-state index is 0.960. The summed E-state index contributed by atoms with van der Waals surface area (Å²) in [5.74, 6) is 0. The van der Waals surface area contributed by atoms with Crippen molar-refractivity contribution in [2.24, 2.45) is 0 Å². The first kappa shape index (κ1) is 38.6. The van der Waals surface area contributed by atoms with Gasteiger partial charge in [-0.15, -0.1) is 0 Å². The Bertz CT molecular complexity index is 4650. The van der Waals surface area contributed by atoms with Crippen molar-refractivity contribution in [2.75, 3.05) is 0 Å². The Hall–Kier alpha value is -9.45. The minimum Gasteiger partial charge on any atom is -0.309 e. The van der Waals surface area contributed by atoms with Crippen LogP contribution in [-0.4, -0.2) is 23.3 Å². The van der Waals surface area contributed by atoms with Crippen LogP contribution in [0.4, 0.5) is 0 Å². The van der Waals surface area contributed by atoms with Crippen molar-refractivity contribution in [2.45, 2.75) is 0 Å². The van der Waals surface area contributed by atoms with Crippen LogP contribution in [0.5, 0.6) is 0 Å². The highest BCUT2D eigenvalue weighted by molar-refractivity contribution is 6.27. The second-order valence-corrected chi connectivity index (χ2v) is 18.3. The molecule has 0 atom stereocenters. The number of rotatable bonds is 4. The van der Waals surface area contributed by atoms with E-state index in [2.05, 4.69) is 261 Å². The van der Waals surface area contributed by atoms with Gasteiger partial charge in [0, 0.05) is 61.3 Å². The fourth-order valence-corrected chi connectivity index (χ4v) is 11.7. The van der Waals surface area contributed by atoms with Gasteiger partial charge in [0.25, 0.3) is 0 Å². The number of fused-ring (bicyclic) bond motifs is 16. The van der Waals surface area contributed by atoms with E-state index in [1.807, 2.05) is 6.20 Å². The predicted molar refractivity (Wildman–Crippen MR) is 294 cm³/mol. The molecule has 4 heterocycles. The predicted octanol–water partition coefficient (Wildman–Crippen LogP) is 16.9. The maximum atomic E-state index is 5.25. The van der Waals surface area contributed by atoms with E-state index >= 15 is 0 Å². The molecule has 15 aromatic rings. The summed E-state index contributed by atoms with van der Waals surface area (Å²) >= 11 is 0. The Labute approximate surface area is 401 Å². The fraction of sp³-hybridized carbons (Fsp3) is 0. The lowest BCUT2D eigenvalue weighted by molar-refractivity contribution is 1.09. The van der Waals surface area contributed by atoms with Crippen LogP contribution in [0.2, 0.25) is 0 Å². The van der Waals surface area contributed by atoms with Crippen LogP contribution < -0.4 is 0 Å². The molecule has 0 saturated carbocycles. The van der Waals surface area contributed by atoms with Gasteiger partial charge in [-0.25, -0.2) is 0 Å². The monoisotopic (exact) mass is 891 g/mol. The lowest BCUT2D eigenvalue weighted by Gasteiger charge is -2.23. The number of pyridine rings is 1. The Morgan fingerprint density at radius 2 is 0.571 bits per heavy atom. The molecule has 4 aromatic heterocycles. The van der Waals surface area contributed by atoms with Crippen LogP contribution >= 0.6 is 0 Å². The maximum absolute atomic E-state index is 5.25. The molecular weight excluding hydrogens is 851 g/mol. The van der Waals surface area contributed by atoms with Crippen LogP contribution in [0.3, 0.4) is 0 Å². The zero-order valence-corrected chi connectivity index (χ0v) is 37.9. The minimum atomic E-state index is 0.960. The maximum Gasteiger partial charge on any atom is 0.0787 e. The fourth-order valence-electron chi connectivity index (χ4n) is 11.7. The molecule has 11 aromatic carbocycles. The number of hydrogen-bond donors (Lipinski definition) is 0. The van der Waals surface area contributed by atoms with Crippen molar-refractivity contribution < 1.29 is 0 Å². The molecule has 5 nitrogen and oxygen atoms in total. The van der Waals surface area contributed by atoms with Crippen molar-refractivity contribution in [3.8, 4) is 22.7 Å². The van der Waals surface area contributed by atoms with E-state index in [1.165, 1.54) is 43.4 Å². The summed E-state index contributed by atoms with van der Waals surface area (Å²) in [5, 5.41) is 12.9. The average Bonchev–Trinajstić information content (AvgIpc) is 3.95. The van der Waals surface area contributed by atoms with E-state index in [0.29, 0.717) is 0 Å². The number of aromatic nitrogens is 5. The summed E-state index contributed by atoms with van der Waals surface area (Å²) in [7, 11) is 0. The Balaban J connectivity index is 1.07. The first-order valence-electron chi connectivity index (χ1n) is 24.0. The Kier molecular flexibility index (Phi) is 8.29. The van der Waals surface area contributed by atoms with Gasteiger partial charge in [0.2, 0.25) is 0 Å². The molecule has 0 bridgehead atoms. The first-order chi connectivity index (χ1) is 34.8. The van der Waals surface area contributed by atoms with Crippen molar-refractivity contribution in [1.82, 2.24) is 23.3 Å². The molecule has 0 saturated heterocycles.